The fourth-order valence-electron chi connectivity index (χ4n) is 2.45. The molecule has 0 aliphatic heterocycles. The monoisotopic (exact) mass is 266 g/mol. The fourth-order valence-corrected chi connectivity index (χ4v) is 2.45. The molecule has 0 unspecified atom stereocenters. The van der Waals surface area contributed by atoms with Gasteiger partial charge in [0.2, 0.25) is 0 Å². The second-order valence-corrected chi connectivity index (χ2v) is 4.83. The van der Waals surface area contributed by atoms with E-state index in [0.717, 1.165) is 20.9 Å². The van der Waals surface area contributed by atoms with Crippen molar-refractivity contribution in [1.82, 2.24) is 9.13 Å². The molecule has 1 heterocycles. The quantitative estimate of drug-likeness (QED) is 0.675. The molecule has 0 atom stereocenters. The highest BCUT2D eigenvalue weighted by atomic mass is 16.2. The molecule has 0 fully saturated rings. The zero-order valence-corrected chi connectivity index (χ0v) is 11.3. The molecule has 0 aliphatic carbocycles. The van der Waals surface area contributed by atoms with Gasteiger partial charge in [-0.2, -0.15) is 0 Å². The number of hydrogen-bond acceptors (Lipinski definition) is 2. The maximum atomic E-state index is 12.3. The Bertz CT molecular complexity index is 914. The lowest BCUT2D eigenvalue weighted by molar-refractivity contribution is 0.689. The highest BCUT2D eigenvalue weighted by molar-refractivity contribution is 5.96. The van der Waals surface area contributed by atoms with Gasteiger partial charge in [0.1, 0.15) is 0 Å². The summed E-state index contributed by atoms with van der Waals surface area (Å²) in [4.78, 5) is 24.1. The van der Waals surface area contributed by atoms with Crippen LogP contribution < -0.4 is 11.2 Å². The molecular formula is C16H14N2O2. The van der Waals surface area contributed by atoms with Crippen molar-refractivity contribution < 1.29 is 0 Å². The van der Waals surface area contributed by atoms with E-state index in [9.17, 15) is 9.59 Å². The third-order valence-corrected chi connectivity index (χ3v) is 3.53. The minimum atomic E-state index is -0.320. The van der Waals surface area contributed by atoms with Crippen LogP contribution in [-0.2, 0) is 14.1 Å². The number of rotatable bonds is 1. The largest absolute Gasteiger partial charge is 0.330 e. The first kappa shape index (κ1) is 12.4. The maximum Gasteiger partial charge on any atom is 0.330 e. The molecule has 0 aliphatic rings. The molecule has 1 aromatic heterocycles. The zero-order valence-electron chi connectivity index (χ0n) is 11.3. The Hall–Kier alpha value is -2.62. The van der Waals surface area contributed by atoms with Crippen molar-refractivity contribution in [3.05, 3.63) is 69.5 Å². The molecule has 20 heavy (non-hydrogen) atoms. The predicted molar refractivity (Wildman–Crippen MR) is 79.9 cm³/mol. The summed E-state index contributed by atoms with van der Waals surface area (Å²) in [6, 6.07) is 13.7. The van der Waals surface area contributed by atoms with E-state index in [0.29, 0.717) is 5.56 Å². The number of nitrogens with zero attached hydrogens (tertiary/aromatic N) is 2. The average Bonchev–Trinajstić information content (AvgIpc) is 2.48. The highest BCUT2D eigenvalue weighted by Crippen LogP contribution is 2.25. The van der Waals surface area contributed by atoms with E-state index in [4.69, 9.17) is 0 Å². The van der Waals surface area contributed by atoms with E-state index < -0.39 is 0 Å². The SMILES string of the molecule is Cn1cc(-c2cccc3ccccc23)c(=O)n(C)c1=O. The lowest BCUT2D eigenvalue weighted by Crippen LogP contribution is -2.37. The molecule has 0 amide bonds. The smallest absolute Gasteiger partial charge is 0.303 e. The van der Waals surface area contributed by atoms with Crippen LogP contribution in [-0.4, -0.2) is 9.13 Å². The topological polar surface area (TPSA) is 44.0 Å². The maximum absolute atomic E-state index is 12.3. The van der Waals surface area contributed by atoms with E-state index >= 15 is 0 Å². The van der Waals surface area contributed by atoms with Gasteiger partial charge in [-0.1, -0.05) is 42.5 Å². The molecule has 100 valence electrons. The van der Waals surface area contributed by atoms with Gasteiger partial charge in [-0.15, -0.1) is 0 Å². The minimum Gasteiger partial charge on any atom is -0.303 e. The molecule has 2 aromatic carbocycles. The number of aryl methyl sites for hydroxylation is 1. The third kappa shape index (κ3) is 1.77. The van der Waals surface area contributed by atoms with Gasteiger partial charge >= 0.3 is 5.69 Å². The van der Waals surface area contributed by atoms with Gasteiger partial charge in [-0.3, -0.25) is 9.36 Å². The second kappa shape index (κ2) is 4.49. The lowest BCUT2D eigenvalue weighted by atomic mass is 10.0. The Morgan fingerprint density at radius 2 is 1.55 bits per heavy atom. The number of hydrogen-bond donors (Lipinski definition) is 0. The first-order valence-corrected chi connectivity index (χ1v) is 6.34. The van der Waals surface area contributed by atoms with Crippen LogP contribution in [0, 0.1) is 0 Å². The average molecular weight is 266 g/mol. The van der Waals surface area contributed by atoms with Crippen LogP contribution in [0.1, 0.15) is 0 Å². The summed E-state index contributed by atoms with van der Waals surface area (Å²) in [7, 11) is 3.15. The first-order valence-electron chi connectivity index (χ1n) is 6.34. The molecule has 0 spiro atoms. The number of fused-ring (bicyclic) bond motifs is 1. The summed E-state index contributed by atoms with van der Waals surface area (Å²) >= 11 is 0. The number of benzene rings is 2. The summed E-state index contributed by atoms with van der Waals surface area (Å²) in [6.45, 7) is 0. The Labute approximate surface area is 115 Å². The van der Waals surface area contributed by atoms with E-state index in [2.05, 4.69) is 0 Å². The summed E-state index contributed by atoms with van der Waals surface area (Å²) in [5, 5.41) is 2.08. The predicted octanol–water partition coefficient (Wildman–Crippen LogP) is 1.90. The molecule has 0 saturated heterocycles. The van der Waals surface area contributed by atoms with Gasteiger partial charge in [0.15, 0.2) is 0 Å². The Morgan fingerprint density at radius 1 is 0.850 bits per heavy atom. The van der Waals surface area contributed by atoms with Crippen LogP contribution in [0.15, 0.2) is 58.3 Å². The van der Waals surface area contributed by atoms with Crippen LogP contribution in [0.4, 0.5) is 0 Å². The Balaban J connectivity index is 2.44. The molecule has 0 saturated carbocycles. The van der Waals surface area contributed by atoms with Crippen molar-refractivity contribution in [2.75, 3.05) is 0 Å². The molecule has 0 bridgehead atoms. The summed E-state index contributed by atoms with van der Waals surface area (Å²) in [6.07, 6.45) is 1.60. The fraction of sp³-hybridized carbons (Fsp3) is 0.125. The molecular weight excluding hydrogens is 252 g/mol. The zero-order chi connectivity index (χ0) is 14.3. The standard InChI is InChI=1S/C16H14N2O2/c1-17-10-14(15(19)18(2)16(17)20)13-9-5-7-11-6-3-4-8-12(11)13/h3-10H,1-2H3. The van der Waals surface area contributed by atoms with E-state index in [1.54, 1.807) is 13.2 Å². The van der Waals surface area contributed by atoms with Crippen molar-refractivity contribution in [3.63, 3.8) is 0 Å². The Kier molecular flexibility index (Phi) is 2.79. The second-order valence-electron chi connectivity index (χ2n) is 4.83. The van der Waals surface area contributed by atoms with Gasteiger partial charge in [0.05, 0.1) is 5.56 Å². The van der Waals surface area contributed by atoms with Gasteiger partial charge in [0.25, 0.3) is 5.56 Å². The van der Waals surface area contributed by atoms with Crippen LogP contribution >= 0.6 is 0 Å². The van der Waals surface area contributed by atoms with Crippen molar-refractivity contribution >= 4 is 10.8 Å². The summed E-state index contributed by atoms with van der Waals surface area (Å²) in [5.74, 6) is 0. The number of aromatic nitrogens is 2. The third-order valence-electron chi connectivity index (χ3n) is 3.53. The first-order chi connectivity index (χ1) is 9.59. The van der Waals surface area contributed by atoms with Crippen molar-refractivity contribution in [2.45, 2.75) is 0 Å². The van der Waals surface area contributed by atoms with Crippen molar-refractivity contribution in [2.24, 2.45) is 14.1 Å². The van der Waals surface area contributed by atoms with Gasteiger partial charge in [0, 0.05) is 20.3 Å². The highest BCUT2D eigenvalue weighted by Gasteiger charge is 2.11. The van der Waals surface area contributed by atoms with Crippen molar-refractivity contribution in [3.8, 4) is 11.1 Å². The normalized spacial score (nSPS) is 10.9. The van der Waals surface area contributed by atoms with E-state index in [1.165, 1.54) is 11.6 Å². The molecule has 4 nitrogen and oxygen atoms in total. The van der Waals surface area contributed by atoms with E-state index in [1.807, 2.05) is 42.5 Å². The molecule has 3 rings (SSSR count). The molecule has 0 N–H and O–H groups in total. The van der Waals surface area contributed by atoms with Gasteiger partial charge < -0.3 is 4.57 Å². The van der Waals surface area contributed by atoms with Crippen LogP contribution in [0.25, 0.3) is 21.9 Å². The Morgan fingerprint density at radius 3 is 2.35 bits per heavy atom. The van der Waals surface area contributed by atoms with E-state index in [-0.39, 0.29) is 11.2 Å². The molecule has 4 heteroatoms. The molecule has 3 aromatic rings. The van der Waals surface area contributed by atoms with Gasteiger partial charge in [-0.25, -0.2) is 4.79 Å². The summed E-state index contributed by atoms with van der Waals surface area (Å²) in [5.41, 5.74) is 0.786. The van der Waals surface area contributed by atoms with Crippen molar-refractivity contribution in [1.29, 1.82) is 0 Å². The summed E-state index contributed by atoms with van der Waals surface area (Å²) < 4.78 is 2.57. The minimum absolute atomic E-state index is 0.274. The van der Waals surface area contributed by atoms with Crippen LogP contribution in [0.2, 0.25) is 0 Å². The van der Waals surface area contributed by atoms with Crippen LogP contribution in [0.3, 0.4) is 0 Å². The van der Waals surface area contributed by atoms with Gasteiger partial charge in [-0.05, 0) is 16.3 Å². The van der Waals surface area contributed by atoms with Crippen LogP contribution in [0.5, 0.6) is 0 Å². The lowest BCUT2D eigenvalue weighted by Gasteiger charge is -2.09. The molecule has 0 radical (unpaired) electrons.